The Bertz CT molecular complexity index is 846. The Morgan fingerprint density at radius 3 is 2.87 bits per heavy atom. The Morgan fingerprint density at radius 1 is 1.40 bits per heavy atom. The molecule has 6 nitrogen and oxygen atoms in total. The van der Waals surface area contributed by atoms with Crippen LogP contribution in [0.15, 0.2) is 35.6 Å². The molecule has 0 radical (unpaired) electrons. The van der Waals surface area contributed by atoms with Crippen LogP contribution >= 0.6 is 24.0 Å². The highest BCUT2D eigenvalue weighted by atomic mass is 127. The van der Waals surface area contributed by atoms with Crippen molar-refractivity contribution in [2.75, 3.05) is 19.6 Å². The van der Waals surface area contributed by atoms with Crippen LogP contribution in [0.4, 0.5) is 13.2 Å². The maximum absolute atomic E-state index is 14.2. The molecule has 0 saturated carbocycles. The standard InChI is InChI=1S/C20H26F3N5O.HI/c1-3-24-20(25-11-16-17(21)5-4-6-18(16)29-19(22)23)28-8-7-14(13-28)9-15-10-26-27(2)12-15;/h4-6,10,12,14,19H,3,7-9,11,13H2,1-2H3,(H,24,25);1H. The highest BCUT2D eigenvalue weighted by molar-refractivity contribution is 14.0. The molecule has 1 atom stereocenters. The number of alkyl halides is 2. The van der Waals surface area contributed by atoms with Crippen LogP contribution < -0.4 is 10.1 Å². The first kappa shape index (κ1) is 24.3. The summed E-state index contributed by atoms with van der Waals surface area (Å²) >= 11 is 0. The normalized spacial score (nSPS) is 16.7. The minimum Gasteiger partial charge on any atom is -0.434 e. The number of nitrogens with zero attached hydrogens (tertiary/aromatic N) is 4. The minimum absolute atomic E-state index is 0. The average Bonchev–Trinajstić information content (AvgIpc) is 3.29. The van der Waals surface area contributed by atoms with E-state index in [9.17, 15) is 13.2 Å². The van der Waals surface area contributed by atoms with Gasteiger partial charge in [0.2, 0.25) is 0 Å². The first-order chi connectivity index (χ1) is 14.0. The van der Waals surface area contributed by atoms with E-state index >= 15 is 0 Å². The van der Waals surface area contributed by atoms with Crippen molar-refractivity contribution in [1.82, 2.24) is 20.0 Å². The SMILES string of the molecule is CCNC(=NCc1c(F)cccc1OC(F)F)N1CCC(Cc2cnn(C)c2)C1.I. The monoisotopic (exact) mass is 537 g/mol. The molecule has 1 N–H and O–H groups in total. The van der Waals surface area contributed by atoms with Gasteiger partial charge in [-0.2, -0.15) is 13.9 Å². The minimum atomic E-state index is -3.01. The van der Waals surface area contributed by atoms with Crippen molar-refractivity contribution in [3.05, 3.63) is 47.5 Å². The Morgan fingerprint density at radius 2 is 2.20 bits per heavy atom. The van der Waals surface area contributed by atoms with Gasteiger partial charge in [0.05, 0.1) is 18.3 Å². The van der Waals surface area contributed by atoms with Crippen molar-refractivity contribution in [2.45, 2.75) is 32.9 Å². The highest BCUT2D eigenvalue weighted by Crippen LogP contribution is 2.25. The smallest absolute Gasteiger partial charge is 0.387 e. The lowest BCUT2D eigenvalue weighted by atomic mass is 10.0. The molecule has 1 aromatic carbocycles. The predicted octanol–water partition coefficient (Wildman–Crippen LogP) is 3.81. The number of halogens is 4. The van der Waals surface area contributed by atoms with Crippen LogP contribution in [0, 0.1) is 11.7 Å². The quantitative estimate of drug-likeness (QED) is 0.332. The third-order valence-electron chi connectivity index (χ3n) is 4.88. The molecule has 1 aromatic heterocycles. The molecule has 0 aliphatic carbocycles. The number of aliphatic imine (C=N–C) groups is 1. The fraction of sp³-hybridized carbons (Fsp3) is 0.500. The second kappa shape index (κ2) is 11.4. The molecule has 30 heavy (non-hydrogen) atoms. The lowest BCUT2D eigenvalue weighted by Gasteiger charge is -2.22. The van der Waals surface area contributed by atoms with Gasteiger partial charge in [-0.15, -0.1) is 24.0 Å². The molecular weight excluding hydrogens is 510 g/mol. The summed E-state index contributed by atoms with van der Waals surface area (Å²) in [6.45, 7) is 1.15. The Hall–Kier alpha value is -1.98. The number of nitrogens with one attached hydrogen (secondary N) is 1. The molecule has 1 aliphatic heterocycles. The first-order valence-corrected chi connectivity index (χ1v) is 9.69. The number of likely N-dealkylation sites (tertiary alicyclic amines) is 1. The van der Waals surface area contributed by atoms with Gasteiger partial charge in [0.15, 0.2) is 5.96 Å². The third-order valence-corrected chi connectivity index (χ3v) is 4.88. The molecule has 1 unspecified atom stereocenters. The van der Waals surface area contributed by atoms with E-state index in [4.69, 9.17) is 0 Å². The molecule has 2 aromatic rings. The zero-order valence-corrected chi connectivity index (χ0v) is 19.4. The number of benzene rings is 1. The zero-order chi connectivity index (χ0) is 20.8. The van der Waals surface area contributed by atoms with Gasteiger partial charge in [0.25, 0.3) is 0 Å². The summed E-state index contributed by atoms with van der Waals surface area (Å²) in [6, 6.07) is 3.89. The van der Waals surface area contributed by atoms with Gasteiger partial charge >= 0.3 is 6.61 Å². The van der Waals surface area contributed by atoms with E-state index in [1.165, 1.54) is 23.8 Å². The summed E-state index contributed by atoms with van der Waals surface area (Å²) < 4.78 is 45.6. The molecule has 0 amide bonds. The van der Waals surface area contributed by atoms with Crippen LogP contribution in [0.25, 0.3) is 0 Å². The van der Waals surface area contributed by atoms with Crippen LogP contribution in [0.2, 0.25) is 0 Å². The van der Waals surface area contributed by atoms with Crippen LogP contribution in [0.5, 0.6) is 5.75 Å². The number of aryl methyl sites for hydroxylation is 1. The second-order valence-corrected chi connectivity index (χ2v) is 7.09. The lowest BCUT2D eigenvalue weighted by molar-refractivity contribution is -0.0506. The van der Waals surface area contributed by atoms with Crippen molar-refractivity contribution in [2.24, 2.45) is 18.0 Å². The topological polar surface area (TPSA) is 54.7 Å². The van der Waals surface area contributed by atoms with Crippen LogP contribution in [-0.2, 0) is 20.0 Å². The summed E-state index contributed by atoms with van der Waals surface area (Å²) in [7, 11) is 1.90. The largest absolute Gasteiger partial charge is 0.434 e. The van der Waals surface area contributed by atoms with E-state index in [2.05, 4.69) is 25.0 Å². The number of ether oxygens (including phenoxy) is 1. The summed E-state index contributed by atoms with van der Waals surface area (Å²) in [5, 5.41) is 7.42. The summed E-state index contributed by atoms with van der Waals surface area (Å²) in [4.78, 5) is 6.61. The number of aromatic nitrogens is 2. The number of rotatable bonds is 7. The lowest BCUT2D eigenvalue weighted by Crippen LogP contribution is -2.40. The predicted molar refractivity (Wildman–Crippen MR) is 120 cm³/mol. The molecule has 1 fully saturated rings. The van der Waals surface area contributed by atoms with Gasteiger partial charge in [-0.1, -0.05) is 6.07 Å². The van der Waals surface area contributed by atoms with Gasteiger partial charge in [-0.25, -0.2) is 9.38 Å². The van der Waals surface area contributed by atoms with E-state index in [0.29, 0.717) is 18.4 Å². The molecule has 1 aliphatic rings. The molecule has 2 heterocycles. The zero-order valence-electron chi connectivity index (χ0n) is 17.0. The van der Waals surface area contributed by atoms with Crippen LogP contribution in [0.1, 0.15) is 24.5 Å². The second-order valence-electron chi connectivity index (χ2n) is 7.09. The van der Waals surface area contributed by atoms with Gasteiger partial charge in [0.1, 0.15) is 11.6 Å². The highest BCUT2D eigenvalue weighted by Gasteiger charge is 2.25. The molecule has 1 saturated heterocycles. The van der Waals surface area contributed by atoms with E-state index in [1.807, 2.05) is 26.4 Å². The first-order valence-electron chi connectivity index (χ1n) is 9.69. The van der Waals surface area contributed by atoms with E-state index in [0.717, 1.165) is 25.9 Å². The summed E-state index contributed by atoms with van der Waals surface area (Å²) in [5.74, 6) is 0.316. The molecule has 3 rings (SSSR count). The molecule has 166 valence electrons. The average molecular weight is 537 g/mol. The summed E-state index contributed by atoms with van der Waals surface area (Å²) in [5.41, 5.74) is 1.22. The molecule has 10 heteroatoms. The summed E-state index contributed by atoms with van der Waals surface area (Å²) in [6.07, 6.45) is 5.84. The Kier molecular flexibility index (Phi) is 9.25. The number of guanidine groups is 1. The maximum atomic E-state index is 14.2. The molecule has 0 bridgehead atoms. The fourth-order valence-electron chi connectivity index (χ4n) is 3.58. The van der Waals surface area contributed by atoms with Crippen molar-refractivity contribution < 1.29 is 17.9 Å². The van der Waals surface area contributed by atoms with Crippen LogP contribution in [-0.4, -0.2) is 46.9 Å². The van der Waals surface area contributed by atoms with Crippen molar-refractivity contribution >= 4 is 29.9 Å². The number of hydrogen-bond acceptors (Lipinski definition) is 3. The Balaban J connectivity index is 0.00000320. The van der Waals surface area contributed by atoms with Crippen molar-refractivity contribution in [3.63, 3.8) is 0 Å². The third kappa shape index (κ3) is 6.51. The molecule has 0 spiro atoms. The van der Waals surface area contributed by atoms with Gasteiger partial charge < -0.3 is 15.0 Å². The van der Waals surface area contributed by atoms with Gasteiger partial charge in [-0.3, -0.25) is 4.68 Å². The van der Waals surface area contributed by atoms with E-state index < -0.39 is 12.4 Å². The van der Waals surface area contributed by atoms with E-state index in [1.54, 1.807) is 4.68 Å². The molecular formula is C20H27F3IN5O. The van der Waals surface area contributed by atoms with Crippen LogP contribution in [0.3, 0.4) is 0 Å². The van der Waals surface area contributed by atoms with Crippen molar-refractivity contribution in [1.29, 1.82) is 0 Å². The van der Waals surface area contributed by atoms with Gasteiger partial charge in [-0.05, 0) is 43.4 Å². The van der Waals surface area contributed by atoms with Crippen molar-refractivity contribution in [3.8, 4) is 5.75 Å². The van der Waals surface area contributed by atoms with E-state index in [-0.39, 0.29) is 41.8 Å². The Labute approximate surface area is 191 Å². The maximum Gasteiger partial charge on any atom is 0.387 e. The fourth-order valence-corrected chi connectivity index (χ4v) is 3.58. The van der Waals surface area contributed by atoms with Gasteiger partial charge in [0, 0.05) is 32.9 Å². The number of hydrogen-bond donors (Lipinski definition) is 1.